The summed E-state index contributed by atoms with van der Waals surface area (Å²) in [7, 11) is -9.91. The molecule has 0 rings (SSSR count). The van der Waals surface area contributed by atoms with Gasteiger partial charge in [0.2, 0.25) is 0 Å². The maximum Gasteiger partial charge on any atom is 0.472 e. The lowest BCUT2D eigenvalue weighted by atomic mass is 9.99. The number of hydrogen-bond donors (Lipinski definition) is 3. The molecule has 0 aliphatic rings. The van der Waals surface area contributed by atoms with Gasteiger partial charge in [-0.15, -0.1) is 0 Å². The quantitative estimate of drug-likeness (QED) is 0.0222. The molecule has 0 aromatic rings. The Hall–Kier alpha value is -1.94. The highest BCUT2D eigenvalue weighted by atomic mass is 31.2. The lowest BCUT2D eigenvalue weighted by Crippen LogP contribution is -2.30. The largest absolute Gasteiger partial charge is 0.472 e. The van der Waals surface area contributed by atoms with Crippen molar-refractivity contribution in [2.75, 3.05) is 39.6 Å². The summed E-state index contributed by atoms with van der Waals surface area (Å²) in [4.78, 5) is 72.7. The van der Waals surface area contributed by atoms with Crippen LogP contribution in [-0.2, 0) is 65.4 Å². The van der Waals surface area contributed by atoms with Crippen LogP contribution in [0.15, 0.2) is 0 Å². The first-order valence-corrected chi connectivity index (χ1v) is 42.9. The van der Waals surface area contributed by atoms with Gasteiger partial charge < -0.3 is 33.8 Å². The number of hydrogen-bond acceptors (Lipinski definition) is 15. The molecule has 0 aromatic heterocycles. The highest BCUT2D eigenvalue weighted by Gasteiger charge is 2.30. The Morgan fingerprint density at radius 1 is 0.302 bits per heavy atom. The van der Waals surface area contributed by atoms with Gasteiger partial charge in [0.25, 0.3) is 0 Å². The van der Waals surface area contributed by atoms with E-state index < -0.39 is 97.5 Å². The number of phosphoric ester groups is 2. The molecular formula is C77H150O17P2. The van der Waals surface area contributed by atoms with Crippen LogP contribution in [0.4, 0.5) is 0 Å². The van der Waals surface area contributed by atoms with E-state index in [0.29, 0.717) is 31.6 Å². The van der Waals surface area contributed by atoms with Crippen LogP contribution in [-0.4, -0.2) is 96.7 Å². The molecule has 6 atom stereocenters. The van der Waals surface area contributed by atoms with Crippen molar-refractivity contribution >= 4 is 39.5 Å². The van der Waals surface area contributed by atoms with E-state index in [2.05, 4.69) is 48.5 Å². The standard InChI is InChI=1S/C77H150O17P2/c1-8-10-11-12-13-14-31-37-46-53-60-76(81)94-73(65-88-75(80)59-52-45-40-39-42-49-56-69(5)6)67-92-96(85,86)90-63-71(78)62-89-95(83,84)91-66-72(64-87-74(79)58-51-44-36-32-27-24-23-25-29-34-41-48-55-68(3)4)93-77(82)61-54-47-38-33-28-22-20-18-16-15-17-19-21-26-30-35-43-50-57-70(7)9-2/h68-73,78H,8-67H2,1-7H3,(H,83,84)(H,85,86)/t70?,71-,72-,73-/m1/s1. The van der Waals surface area contributed by atoms with E-state index in [9.17, 15) is 43.2 Å². The molecule has 570 valence electrons. The minimum atomic E-state index is -4.96. The summed E-state index contributed by atoms with van der Waals surface area (Å²) in [6.45, 7) is 11.9. The third-order valence-electron chi connectivity index (χ3n) is 18.2. The predicted octanol–water partition coefficient (Wildman–Crippen LogP) is 22.6. The number of carbonyl (C=O) groups is 4. The van der Waals surface area contributed by atoms with Gasteiger partial charge in [-0.3, -0.25) is 37.3 Å². The Kier molecular flexibility index (Phi) is 66.2. The Morgan fingerprint density at radius 2 is 0.531 bits per heavy atom. The highest BCUT2D eigenvalue weighted by molar-refractivity contribution is 7.47. The summed E-state index contributed by atoms with van der Waals surface area (Å²) in [6.07, 6.45) is 54.3. The first-order valence-electron chi connectivity index (χ1n) is 39.9. The van der Waals surface area contributed by atoms with E-state index in [1.54, 1.807) is 0 Å². The van der Waals surface area contributed by atoms with Crippen LogP contribution in [0.3, 0.4) is 0 Å². The first kappa shape index (κ1) is 94.1. The molecule has 3 N–H and O–H groups in total. The van der Waals surface area contributed by atoms with Crippen molar-refractivity contribution in [3.63, 3.8) is 0 Å². The smallest absolute Gasteiger partial charge is 0.462 e. The van der Waals surface area contributed by atoms with Gasteiger partial charge in [0.1, 0.15) is 19.3 Å². The lowest BCUT2D eigenvalue weighted by Gasteiger charge is -2.21. The van der Waals surface area contributed by atoms with Crippen molar-refractivity contribution in [3.8, 4) is 0 Å². The average Bonchev–Trinajstić information content (AvgIpc) is 1.88. The molecule has 19 heteroatoms. The van der Waals surface area contributed by atoms with Gasteiger partial charge in [-0.2, -0.15) is 0 Å². The molecular weight excluding hydrogens is 1260 g/mol. The summed E-state index contributed by atoms with van der Waals surface area (Å²) < 4.78 is 68.4. The Bertz CT molecular complexity index is 1870. The SMILES string of the molecule is CCCCCCCCCCCCC(=O)O[C@H](COC(=O)CCCCCCCCC(C)C)COP(=O)(O)OC[C@H](O)COP(=O)(O)OC[C@@H](COC(=O)CCCCCCCCCCCCCCC(C)C)OC(=O)CCCCCCCCCCCCCCCCCCCCC(C)CC. The van der Waals surface area contributed by atoms with E-state index in [0.717, 1.165) is 108 Å². The van der Waals surface area contributed by atoms with Crippen molar-refractivity contribution in [1.82, 2.24) is 0 Å². The number of unbranched alkanes of at least 4 members (excludes halogenated alkanes) is 42. The molecule has 0 amide bonds. The van der Waals surface area contributed by atoms with Gasteiger partial charge in [0, 0.05) is 25.7 Å². The van der Waals surface area contributed by atoms with E-state index in [-0.39, 0.29) is 25.7 Å². The summed E-state index contributed by atoms with van der Waals surface area (Å²) in [6, 6.07) is 0. The molecule has 0 saturated heterocycles. The van der Waals surface area contributed by atoms with Crippen LogP contribution in [0, 0.1) is 17.8 Å². The lowest BCUT2D eigenvalue weighted by molar-refractivity contribution is -0.161. The molecule has 0 fully saturated rings. The van der Waals surface area contributed by atoms with Crippen LogP contribution in [0.1, 0.15) is 395 Å². The number of carbonyl (C=O) groups excluding carboxylic acids is 4. The highest BCUT2D eigenvalue weighted by Crippen LogP contribution is 2.45. The van der Waals surface area contributed by atoms with Crippen LogP contribution in [0.2, 0.25) is 0 Å². The number of ether oxygens (including phenoxy) is 4. The van der Waals surface area contributed by atoms with Gasteiger partial charge in [0.05, 0.1) is 26.4 Å². The van der Waals surface area contributed by atoms with E-state index in [4.69, 9.17) is 37.0 Å². The fourth-order valence-electron chi connectivity index (χ4n) is 11.7. The summed E-state index contributed by atoms with van der Waals surface area (Å²) in [5, 5.41) is 10.6. The van der Waals surface area contributed by atoms with Gasteiger partial charge >= 0.3 is 39.5 Å². The van der Waals surface area contributed by atoms with Crippen molar-refractivity contribution in [3.05, 3.63) is 0 Å². The van der Waals surface area contributed by atoms with Crippen molar-refractivity contribution in [1.29, 1.82) is 0 Å². The second kappa shape index (κ2) is 67.5. The second-order valence-corrected chi connectivity index (χ2v) is 31.8. The minimum Gasteiger partial charge on any atom is -0.462 e. The molecule has 0 heterocycles. The third-order valence-corrected chi connectivity index (χ3v) is 20.1. The van der Waals surface area contributed by atoms with Crippen molar-refractivity contribution in [2.24, 2.45) is 17.8 Å². The second-order valence-electron chi connectivity index (χ2n) is 28.9. The summed E-state index contributed by atoms with van der Waals surface area (Å²) in [5.74, 6) is 0.213. The van der Waals surface area contributed by atoms with Crippen LogP contribution < -0.4 is 0 Å². The van der Waals surface area contributed by atoms with Crippen molar-refractivity contribution < 1.29 is 80.2 Å². The molecule has 0 spiro atoms. The molecule has 0 bridgehead atoms. The number of aliphatic hydroxyl groups is 1. The fraction of sp³-hybridized carbons (Fsp3) is 0.948. The van der Waals surface area contributed by atoms with Gasteiger partial charge in [-0.1, -0.05) is 344 Å². The van der Waals surface area contributed by atoms with Crippen LogP contribution >= 0.6 is 15.6 Å². The predicted molar refractivity (Wildman–Crippen MR) is 391 cm³/mol. The minimum absolute atomic E-state index is 0.105. The summed E-state index contributed by atoms with van der Waals surface area (Å²) in [5.41, 5.74) is 0. The summed E-state index contributed by atoms with van der Waals surface area (Å²) >= 11 is 0. The zero-order valence-electron chi connectivity index (χ0n) is 62.8. The zero-order valence-corrected chi connectivity index (χ0v) is 64.6. The van der Waals surface area contributed by atoms with Gasteiger partial charge in [0.15, 0.2) is 12.2 Å². The zero-order chi connectivity index (χ0) is 70.9. The Morgan fingerprint density at radius 3 is 0.792 bits per heavy atom. The molecule has 0 aliphatic carbocycles. The van der Waals surface area contributed by atoms with Gasteiger partial charge in [-0.05, 0) is 43.4 Å². The Balaban J connectivity index is 5.18. The number of aliphatic hydroxyl groups excluding tert-OH is 1. The number of phosphoric acid groups is 2. The average molecular weight is 1410 g/mol. The topological polar surface area (TPSA) is 237 Å². The molecule has 0 aromatic carbocycles. The molecule has 96 heavy (non-hydrogen) atoms. The van der Waals surface area contributed by atoms with Crippen LogP contribution in [0.5, 0.6) is 0 Å². The first-order chi connectivity index (χ1) is 46.3. The normalized spacial score (nSPS) is 14.3. The monoisotopic (exact) mass is 1410 g/mol. The van der Waals surface area contributed by atoms with Crippen molar-refractivity contribution in [2.45, 2.75) is 414 Å². The van der Waals surface area contributed by atoms with E-state index in [1.807, 2.05) is 0 Å². The maximum atomic E-state index is 13.1. The third kappa shape index (κ3) is 69.2. The Labute approximate surface area is 588 Å². The number of rotatable bonds is 75. The maximum absolute atomic E-state index is 13.1. The molecule has 0 radical (unpaired) electrons. The molecule has 0 saturated carbocycles. The van der Waals surface area contributed by atoms with Crippen LogP contribution in [0.25, 0.3) is 0 Å². The van der Waals surface area contributed by atoms with E-state index in [1.165, 1.54) is 199 Å². The molecule has 17 nitrogen and oxygen atoms in total. The molecule has 3 unspecified atom stereocenters. The molecule has 0 aliphatic heterocycles. The van der Waals surface area contributed by atoms with Gasteiger partial charge in [-0.25, -0.2) is 9.13 Å². The van der Waals surface area contributed by atoms with E-state index >= 15 is 0 Å². The fourth-order valence-corrected chi connectivity index (χ4v) is 13.3. The number of esters is 4.